The van der Waals surface area contributed by atoms with Gasteiger partial charge in [-0.1, -0.05) is 0 Å². The SMILES string of the molecule is Cn1cc(Br)c(N[C@H]2CC[C@](C)(O)CC2)cc1=O. The van der Waals surface area contributed by atoms with Crippen LogP contribution in [0.25, 0.3) is 0 Å². The molecule has 1 aliphatic rings. The Labute approximate surface area is 115 Å². The van der Waals surface area contributed by atoms with Crippen molar-refractivity contribution in [2.24, 2.45) is 7.05 Å². The molecule has 0 aromatic carbocycles. The van der Waals surface area contributed by atoms with Crippen LogP contribution >= 0.6 is 15.9 Å². The lowest BCUT2D eigenvalue weighted by molar-refractivity contribution is 0.0196. The van der Waals surface area contributed by atoms with Crippen LogP contribution in [0.15, 0.2) is 21.5 Å². The molecule has 0 radical (unpaired) electrons. The first-order valence-electron chi connectivity index (χ1n) is 6.22. The minimum atomic E-state index is -0.526. The van der Waals surface area contributed by atoms with Gasteiger partial charge >= 0.3 is 0 Å². The Morgan fingerprint density at radius 3 is 2.72 bits per heavy atom. The van der Waals surface area contributed by atoms with Crippen LogP contribution in [-0.2, 0) is 7.05 Å². The van der Waals surface area contributed by atoms with Crippen LogP contribution in [0.3, 0.4) is 0 Å². The standard InChI is InChI=1S/C13H19BrN2O2/c1-13(18)5-3-9(4-6-13)15-11-7-12(17)16(2)8-10(11)14/h7-9,15,18H,3-6H2,1-2H3/t9-,13-. The third-order valence-corrected chi connectivity index (χ3v) is 4.23. The minimum absolute atomic E-state index is 0.0245. The van der Waals surface area contributed by atoms with Gasteiger partial charge in [-0.2, -0.15) is 0 Å². The zero-order chi connectivity index (χ0) is 13.3. The van der Waals surface area contributed by atoms with Gasteiger partial charge in [-0.3, -0.25) is 4.79 Å². The van der Waals surface area contributed by atoms with Gasteiger partial charge < -0.3 is 15.0 Å². The molecule has 0 aliphatic heterocycles. The van der Waals surface area contributed by atoms with E-state index in [4.69, 9.17) is 0 Å². The summed E-state index contributed by atoms with van der Waals surface area (Å²) in [4.78, 5) is 11.6. The molecule has 2 N–H and O–H groups in total. The summed E-state index contributed by atoms with van der Waals surface area (Å²) in [5.74, 6) is 0. The van der Waals surface area contributed by atoms with Crippen molar-refractivity contribution in [3.63, 3.8) is 0 Å². The van der Waals surface area contributed by atoms with E-state index in [9.17, 15) is 9.90 Å². The summed E-state index contributed by atoms with van der Waals surface area (Å²) >= 11 is 3.46. The van der Waals surface area contributed by atoms with Gasteiger partial charge in [0.15, 0.2) is 0 Å². The topological polar surface area (TPSA) is 54.3 Å². The van der Waals surface area contributed by atoms with E-state index in [1.165, 1.54) is 0 Å². The summed E-state index contributed by atoms with van der Waals surface area (Å²) in [5.41, 5.74) is 0.288. The molecule has 4 nitrogen and oxygen atoms in total. The summed E-state index contributed by atoms with van der Waals surface area (Å²) in [6.45, 7) is 1.89. The van der Waals surface area contributed by atoms with E-state index in [0.29, 0.717) is 6.04 Å². The highest BCUT2D eigenvalue weighted by Gasteiger charge is 2.28. The van der Waals surface area contributed by atoms with Gasteiger partial charge in [-0.05, 0) is 48.5 Å². The van der Waals surface area contributed by atoms with Crippen molar-refractivity contribution in [3.05, 3.63) is 27.1 Å². The molecule has 0 bridgehead atoms. The van der Waals surface area contributed by atoms with E-state index < -0.39 is 5.60 Å². The van der Waals surface area contributed by atoms with Crippen molar-refractivity contribution in [1.29, 1.82) is 0 Å². The minimum Gasteiger partial charge on any atom is -0.390 e. The van der Waals surface area contributed by atoms with Crippen molar-refractivity contribution >= 4 is 21.6 Å². The summed E-state index contributed by atoms with van der Waals surface area (Å²) in [6, 6.07) is 1.94. The summed E-state index contributed by atoms with van der Waals surface area (Å²) in [7, 11) is 1.73. The van der Waals surface area contributed by atoms with Gasteiger partial charge in [0.05, 0.1) is 15.8 Å². The average Bonchev–Trinajstić information content (AvgIpc) is 2.28. The molecule has 1 aromatic rings. The lowest BCUT2D eigenvalue weighted by atomic mass is 9.83. The van der Waals surface area contributed by atoms with Gasteiger partial charge in [0, 0.05) is 25.4 Å². The molecule has 1 aromatic heterocycles. The van der Waals surface area contributed by atoms with Gasteiger partial charge in [-0.25, -0.2) is 0 Å². The zero-order valence-electron chi connectivity index (χ0n) is 10.7. The number of anilines is 1. The van der Waals surface area contributed by atoms with Crippen molar-refractivity contribution in [2.75, 3.05) is 5.32 Å². The molecule has 0 unspecified atom stereocenters. The number of aromatic nitrogens is 1. The predicted octanol–water partition coefficient (Wildman–Crippen LogP) is 2.25. The second-order valence-corrected chi connectivity index (χ2v) is 6.25. The normalized spacial score (nSPS) is 28.1. The van der Waals surface area contributed by atoms with Crippen LogP contribution in [0.2, 0.25) is 0 Å². The van der Waals surface area contributed by atoms with Crippen LogP contribution < -0.4 is 10.9 Å². The summed E-state index contributed by atoms with van der Waals surface area (Å²) in [5, 5.41) is 13.3. The molecular weight excluding hydrogens is 296 g/mol. The largest absolute Gasteiger partial charge is 0.390 e. The van der Waals surface area contributed by atoms with E-state index >= 15 is 0 Å². The van der Waals surface area contributed by atoms with E-state index in [-0.39, 0.29) is 5.56 Å². The first-order valence-corrected chi connectivity index (χ1v) is 7.02. The molecule has 1 saturated carbocycles. The average molecular weight is 315 g/mol. The molecule has 2 rings (SSSR count). The van der Waals surface area contributed by atoms with Crippen molar-refractivity contribution in [2.45, 2.75) is 44.2 Å². The van der Waals surface area contributed by atoms with E-state index in [1.807, 2.05) is 6.92 Å². The number of pyridine rings is 1. The van der Waals surface area contributed by atoms with Crippen LogP contribution in [0.5, 0.6) is 0 Å². The molecule has 5 heteroatoms. The number of hydrogen-bond acceptors (Lipinski definition) is 3. The fraction of sp³-hybridized carbons (Fsp3) is 0.615. The molecule has 0 amide bonds. The lowest BCUT2D eigenvalue weighted by Crippen LogP contribution is -2.36. The maximum atomic E-state index is 11.6. The number of rotatable bonds is 2. The van der Waals surface area contributed by atoms with Gasteiger partial charge in [0.25, 0.3) is 5.56 Å². The Balaban J connectivity index is 2.07. The maximum absolute atomic E-state index is 11.6. The number of halogens is 1. The third-order valence-electron chi connectivity index (χ3n) is 3.60. The molecule has 1 fully saturated rings. The third kappa shape index (κ3) is 3.14. The molecule has 0 saturated heterocycles. The smallest absolute Gasteiger partial charge is 0.252 e. The van der Waals surface area contributed by atoms with E-state index in [1.54, 1.807) is 23.9 Å². The molecule has 1 heterocycles. The van der Waals surface area contributed by atoms with Gasteiger partial charge in [0.1, 0.15) is 0 Å². The number of nitrogens with zero attached hydrogens (tertiary/aromatic N) is 1. The quantitative estimate of drug-likeness (QED) is 0.880. The first-order chi connectivity index (χ1) is 8.37. The molecule has 0 atom stereocenters. The van der Waals surface area contributed by atoms with Crippen molar-refractivity contribution < 1.29 is 5.11 Å². The Hall–Kier alpha value is -0.810. The van der Waals surface area contributed by atoms with Crippen molar-refractivity contribution in [3.8, 4) is 0 Å². The summed E-state index contributed by atoms with van der Waals surface area (Å²) < 4.78 is 2.43. The van der Waals surface area contributed by atoms with Gasteiger partial charge in [-0.15, -0.1) is 0 Å². The molecule has 18 heavy (non-hydrogen) atoms. The van der Waals surface area contributed by atoms with E-state index in [0.717, 1.165) is 35.8 Å². The van der Waals surface area contributed by atoms with E-state index in [2.05, 4.69) is 21.2 Å². The predicted molar refractivity (Wildman–Crippen MR) is 75.9 cm³/mol. The monoisotopic (exact) mass is 314 g/mol. The lowest BCUT2D eigenvalue weighted by Gasteiger charge is -2.34. The number of aryl methyl sites for hydroxylation is 1. The van der Waals surface area contributed by atoms with Crippen molar-refractivity contribution in [1.82, 2.24) is 4.57 Å². The Bertz CT molecular complexity index is 486. The number of hydrogen-bond donors (Lipinski definition) is 2. The van der Waals surface area contributed by atoms with Crippen LogP contribution in [-0.4, -0.2) is 21.3 Å². The molecule has 100 valence electrons. The zero-order valence-corrected chi connectivity index (χ0v) is 12.3. The molecule has 1 aliphatic carbocycles. The molecular formula is C13H19BrN2O2. The molecule has 0 spiro atoms. The van der Waals surface area contributed by atoms with Crippen LogP contribution in [0, 0.1) is 0 Å². The Kier molecular flexibility index (Phi) is 3.82. The summed E-state index contributed by atoms with van der Waals surface area (Å²) in [6.07, 6.45) is 5.22. The van der Waals surface area contributed by atoms with Crippen LogP contribution in [0.4, 0.5) is 5.69 Å². The Morgan fingerprint density at radius 1 is 1.50 bits per heavy atom. The number of nitrogens with one attached hydrogen (secondary N) is 1. The highest BCUT2D eigenvalue weighted by atomic mass is 79.9. The first kappa shape index (κ1) is 13.6. The second kappa shape index (κ2) is 5.05. The van der Waals surface area contributed by atoms with Gasteiger partial charge in [0.2, 0.25) is 0 Å². The fourth-order valence-electron chi connectivity index (χ4n) is 2.31. The second-order valence-electron chi connectivity index (χ2n) is 5.40. The number of aliphatic hydroxyl groups is 1. The Morgan fingerprint density at radius 2 is 2.11 bits per heavy atom. The highest BCUT2D eigenvalue weighted by Crippen LogP contribution is 2.30. The maximum Gasteiger partial charge on any atom is 0.252 e. The highest BCUT2D eigenvalue weighted by molar-refractivity contribution is 9.10. The fourth-order valence-corrected chi connectivity index (χ4v) is 2.85. The van der Waals surface area contributed by atoms with Crippen LogP contribution in [0.1, 0.15) is 32.6 Å².